The standard InChI is InChI=1S/C16H25ClN4/c1-11-5-4-6-13(9-11)7-8-21-14(10-17)18-15-12(2)19-20(3)16(15)21/h11,13H,4-10H2,1-3H3. The second-order valence-corrected chi connectivity index (χ2v) is 6.89. The zero-order chi connectivity index (χ0) is 15.0. The normalized spacial score (nSPS) is 23.0. The van der Waals surface area contributed by atoms with E-state index in [4.69, 9.17) is 11.6 Å². The van der Waals surface area contributed by atoms with Crippen molar-refractivity contribution in [1.82, 2.24) is 19.3 Å². The lowest BCUT2D eigenvalue weighted by Gasteiger charge is -2.27. The van der Waals surface area contributed by atoms with Crippen molar-refractivity contribution in [3.05, 3.63) is 11.5 Å². The SMILES string of the molecule is Cc1nn(C)c2c1nc(CCl)n2CCC1CCCC(C)C1. The average Bonchev–Trinajstić information content (AvgIpc) is 2.95. The fourth-order valence-corrected chi connectivity index (χ4v) is 4.05. The number of nitrogens with zero attached hydrogens (tertiary/aromatic N) is 4. The number of rotatable bonds is 4. The molecular formula is C16H25ClN4. The van der Waals surface area contributed by atoms with Gasteiger partial charge in [0.05, 0.1) is 11.6 Å². The van der Waals surface area contributed by atoms with Crippen LogP contribution in [0.1, 0.15) is 50.5 Å². The van der Waals surface area contributed by atoms with Gasteiger partial charge in [-0.3, -0.25) is 4.68 Å². The van der Waals surface area contributed by atoms with E-state index in [1.807, 2.05) is 18.7 Å². The summed E-state index contributed by atoms with van der Waals surface area (Å²) in [5.41, 5.74) is 3.11. The van der Waals surface area contributed by atoms with Crippen LogP contribution in [0, 0.1) is 18.8 Å². The van der Waals surface area contributed by atoms with Crippen molar-refractivity contribution in [2.45, 2.75) is 58.4 Å². The molecule has 0 bridgehead atoms. The van der Waals surface area contributed by atoms with E-state index in [1.165, 1.54) is 32.1 Å². The van der Waals surface area contributed by atoms with Gasteiger partial charge >= 0.3 is 0 Å². The van der Waals surface area contributed by atoms with Crippen LogP contribution in [-0.2, 0) is 19.5 Å². The predicted molar refractivity (Wildman–Crippen MR) is 86.5 cm³/mol. The average molecular weight is 309 g/mol. The Balaban J connectivity index is 1.82. The van der Waals surface area contributed by atoms with Crippen LogP contribution < -0.4 is 0 Å². The molecule has 0 amide bonds. The predicted octanol–water partition coefficient (Wildman–Crippen LogP) is 4.03. The fraction of sp³-hybridized carbons (Fsp3) is 0.750. The molecule has 0 radical (unpaired) electrons. The molecule has 1 saturated carbocycles. The van der Waals surface area contributed by atoms with E-state index in [0.717, 1.165) is 41.1 Å². The summed E-state index contributed by atoms with van der Waals surface area (Å²) in [6.45, 7) is 5.41. The van der Waals surface area contributed by atoms with Gasteiger partial charge in [0, 0.05) is 13.6 Å². The van der Waals surface area contributed by atoms with Gasteiger partial charge < -0.3 is 4.57 Å². The zero-order valence-electron chi connectivity index (χ0n) is 13.3. The molecule has 0 N–H and O–H groups in total. The molecule has 0 saturated heterocycles. The molecule has 1 aliphatic carbocycles. The minimum Gasteiger partial charge on any atom is -0.312 e. The van der Waals surface area contributed by atoms with Gasteiger partial charge in [0.1, 0.15) is 11.3 Å². The Morgan fingerprint density at radius 3 is 2.86 bits per heavy atom. The van der Waals surface area contributed by atoms with Crippen molar-refractivity contribution >= 4 is 22.8 Å². The summed E-state index contributed by atoms with van der Waals surface area (Å²) in [6.07, 6.45) is 6.77. The van der Waals surface area contributed by atoms with Gasteiger partial charge in [-0.1, -0.05) is 26.2 Å². The number of aryl methyl sites for hydroxylation is 3. The molecule has 3 rings (SSSR count). The molecule has 2 atom stereocenters. The van der Waals surface area contributed by atoms with Crippen molar-refractivity contribution in [2.24, 2.45) is 18.9 Å². The van der Waals surface area contributed by atoms with Crippen LogP contribution in [0.4, 0.5) is 0 Å². The minimum absolute atomic E-state index is 0.467. The van der Waals surface area contributed by atoms with E-state index in [1.54, 1.807) is 0 Å². The molecule has 21 heavy (non-hydrogen) atoms. The number of imidazole rings is 1. The lowest BCUT2D eigenvalue weighted by Crippen LogP contribution is -2.16. The van der Waals surface area contributed by atoms with Crippen LogP contribution in [-0.4, -0.2) is 19.3 Å². The van der Waals surface area contributed by atoms with Crippen molar-refractivity contribution in [3.8, 4) is 0 Å². The van der Waals surface area contributed by atoms with E-state index in [2.05, 4.69) is 21.6 Å². The van der Waals surface area contributed by atoms with E-state index in [-0.39, 0.29) is 0 Å². The Bertz CT molecular complexity index is 628. The van der Waals surface area contributed by atoms with Gasteiger partial charge in [-0.15, -0.1) is 11.6 Å². The molecule has 5 heteroatoms. The summed E-state index contributed by atoms with van der Waals surface area (Å²) in [4.78, 5) is 4.68. The molecule has 2 heterocycles. The van der Waals surface area contributed by atoms with Crippen LogP contribution >= 0.6 is 11.6 Å². The minimum atomic E-state index is 0.467. The van der Waals surface area contributed by atoms with Gasteiger partial charge in [-0.25, -0.2) is 4.98 Å². The van der Waals surface area contributed by atoms with Crippen LogP contribution in [0.5, 0.6) is 0 Å². The maximum absolute atomic E-state index is 6.10. The highest BCUT2D eigenvalue weighted by Crippen LogP contribution is 2.31. The number of hydrogen-bond acceptors (Lipinski definition) is 2. The fourth-order valence-electron chi connectivity index (χ4n) is 3.85. The molecule has 0 aromatic carbocycles. The number of halogens is 1. The third kappa shape index (κ3) is 2.83. The van der Waals surface area contributed by atoms with Gasteiger partial charge in [0.25, 0.3) is 0 Å². The quantitative estimate of drug-likeness (QED) is 0.799. The topological polar surface area (TPSA) is 35.6 Å². The van der Waals surface area contributed by atoms with Crippen molar-refractivity contribution < 1.29 is 0 Å². The summed E-state index contributed by atoms with van der Waals surface area (Å²) in [5.74, 6) is 3.18. The largest absolute Gasteiger partial charge is 0.312 e. The lowest BCUT2D eigenvalue weighted by molar-refractivity contribution is 0.261. The van der Waals surface area contributed by atoms with Gasteiger partial charge in [0.15, 0.2) is 5.65 Å². The second-order valence-electron chi connectivity index (χ2n) is 6.62. The monoisotopic (exact) mass is 308 g/mol. The Morgan fingerprint density at radius 2 is 2.14 bits per heavy atom. The van der Waals surface area contributed by atoms with E-state index in [0.29, 0.717) is 5.88 Å². The van der Waals surface area contributed by atoms with Gasteiger partial charge in [0.2, 0.25) is 0 Å². The van der Waals surface area contributed by atoms with E-state index >= 15 is 0 Å². The summed E-state index contributed by atoms with van der Waals surface area (Å²) in [6, 6.07) is 0. The smallest absolute Gasteiger partial charge is 0.158 e. The number of alkyl halides is 1. The van der Waals surface area contributed by atoms with Crippen molar-refractivity contribution in [1.29, 1.82) is 0 Å². The molecule has 1 fully saturated rings. The first kappa shape index (κ1) is 14.9. The lowest BCUT2D eigenvalue weighted by atomic mass is 9.81. The van der Waals surface area contributed by atoms with Crippen LogP contribution in [0.3, 0.4) is 0 Å². The number of hydrogen-bond donors (Lipinski definition) is 0. The summed E-state index contributed by atoms with van der Waals surface area (Å²) in [5, 5.41) is 4.48. The van der Waals surface area contributed by atoms with Gasteiger partial charge in [-0.2, -0.15) is 5.10 Å². The first-order valence-electron chi connectivity index (χ1n) is 8.04. The Morgan fingerprint density at radius 1 is 1.33 bits per heavy atom. The maximum Gasteiger partial charge on any atom is 0.158 e. The molecule has 2 aromatic rings. The molecule has 116 valence electrons. The molecular weight excluding hydrogens is 284 g/mol. The maximum atomic E-state index is 6.10. The molecule has 0 aliphatic heterocycles. The molecule has 2 aromatic heterocycles. The third-order valence-electron chi connectivity index (χ3n) is 4.89. The molecule has 1 aliphatic rings. The third-order valence-corrected chi connectivity index (χ3v) is 5.13. The highest BCUT2D eigenvalue weighted by Gasteiger charge is 2.21. The Hall–Kier alpha value is -1.03. The molecule has 4 nitrogen and oxygen atoms in total. The highest BCUT2D eigenvalue weighted by atomic mass is 35.5. The van der Waals surface area contributed by atoms with Crippen LogP contribution in [0.25, 0.3) is 11.2 Å². The Kier molecular flexibility index (Phi) is 4.25. The van der Waals surface area contributed by atoms with Gasteiger partial charge in [-0.05, 0) is 31.6 Å². The van der Waals surface area contributed by atoms with E-state index < -0.39 is 0 Å². The summed E-state index contributed by atoms with van der Waals surface area (Å²) in [7, 11) is 1.99. The van der Waals surface area contributed by atoms with Crippen molar-refractivity contribution in [3.63, 3.8) is 0 Å². The van der Waals surface area contributed by atoms with Crippen LogP contribution in [0.2, 0.25) is 0 Å². The van der Waals surface area contributed by atoms with Crippen molar-refractivity contribution in [2.75, 3.05) is 0 Å². The van der Waals surface area contributed by atoms with Crippen LogP contribution in [0.15, 0.2) is 0 Å². The van der Waals surface area contributed by atoms with E-state index in [9.17, 15) is 0 Å². The molecule has 0 spiro atoms. The Labute approximate surface area is 131 Å². The summed E-state index contributed by atoms with van der Waals surface area (Å²) < 4.78 is 4.22. The first-order valence-corrected chi connectivity index (χ1v) is 8.58. The summed E-state index contributed by atoms with van der Waals surface area (Å²) >= 11 is 6.10. The molecule has 2 unspecified atom stereocenters. The number of aromatic nitrogens is 4. The number of fused-ring (bicyclic) bond motifs is 1. The zero-order valence-corrected chi connectivity index (χ0v) is 14.0. The second kappa shape index (κ2) is 5.99. The first-order chi connectivity index (χ1) is 10.1. The highest BCUT2D eigenvalue weighted by molar-refractivity contribution is 6.16.